The zero-order chi connectivity index (χ0) is 12.8. The van der Waals surface area contributed by atoms with Gasteiger partial charge in [0, 0.05) is 12.5 Å². The molecule has 0 N–H and O–H groups in total. The zero-order valence-electron chi connectivity index (χ0n) is 9.31. The van der Waals surface area contributed by atoms with Gasteiger partial charge in [-0.15, -0.1) is 5.10 Å². The zero-order valence-corrected chi connectivity index (χ0v) is 10.9. The van der Waals surface area contributed by atoms with Crippen LogP contribution in [0, 0.1) is 0 Å². The number of hydrogen-bond acceptors (Lipinski definition) is 6. The van der Waals surface area contributed by atoms with Gasteiger partial charge in [-0.2, -0.15) is 0 Å². The second-order valence-electron chi connectivity index (χ2n) is 3.71. The van der Waals surface area contributed by atoms with Crippen LogP contribution >= 0.6 is 11.3 Å². The van der Waals surface area contributed by atoms with Gasteiger partial charge in [0.1, 0.15) is 5.69 Å². The molecule has 6 nitrogen and oxygen atoms in total. The highest BCUT2D eigenvalue weighted by Gasteiger charge is 2.16. The number of hydrogen-bond donors (Lipinski definition) is 0. The van der Waals surface area contributed by atoms with Gasteiger partial charge in [-0.3, -0.25) is 4.98 Å². The Balaban J connectivity index is 2.12. The molecule has 0 atom stereocenters. The topological polar surface area (TPSA) is 77.2 Å². The summed E-state index contributed by atoms with van der Waals surface area (Å²) in [5.74, 6) is 0. The lowest BCUT2D eigenvalue weighted by molar-refractivity contribution is 0.599. The van der Waals surface area contributed by atoms with Gasteiger partial charge in [-0.25, -0.2) is 17.9 Å². The molecule has 0 aliphatic rings. The van der Waals surface area contributed by atoms with Crippen LogP contribution in [0.5, 0.6) is 0 Å². The van der Waals surface area contributed by atoms with E-state index in [-0.39, 0.29) is 4.34 Å². The van der Waals surface area contributed by atoms with E-state index in [9.17, 15) is 8.42 Å². The number of rotatable bonds is 2. The van der Waals surface area contributed by atoms with Crippen molar-refractivity contribution in [2.24, 2.45) is 0 Å². The Morgan fingerprint density at radius 3 is 2.72 bits per heavy atom. The van der Waals surface area contributed by atoms with E-state index in [1.54, 1.807) is 12.4 Å². The molecule has 0 bridgehead atoms. The fraction of sp³-hybridized carbons (Fsp3) is 0.100. The molecule has 0 saturated heterocycles. The fourth-order valence-electron chi connectivity index (χ4n) is 1.47. The number of fused-ring (bicyclic) bond motifs is 1. The van der Waals surface area contributed by atoms with Crippen molar-refractivity contribution in [1.82, 2.24) is 19.6 Å². The predicted molar refractivity (Wildman–Crippen MR) is 67.2 cm³/mol. The SMILES string of the molecule is CS(=O)(=O)c1nn2cc(-c3ccccn3)nc2s1. The number of nitrogens with zero attached hydrogens (tertiary/aromatic N) is 4. The summed E-state index contributed by atoms with van der Waals surface area (Å²) in [7, 11) is -3.28. The monoisotopic (exact) mass is 280 g/mol. The number of imidazole rings is 1. The van der Waals surface area contributed by atoms with E-state index in [0.29, 0.717) is 10.7 Å². The van der Waals surface area contributed by atoms with Crippen molar-refractivity contribution < 1.29 is 8.42 Å². The standard InChI is InChI=1S/C10H8N4O2S2/c1-18(15,16)10-13-14-6-8(12-9(14)17-10)7-4-2-3-5-11-7/h2-6H,1H3. The smallest absolute Gasteiger partial charge is 0.232 e. The Labute approximate surface area is 107 Å². The summed E-state index contributed by atoms with van der Waals surface area (Å²) in [4.78, 5) is 9.02. The van der Waals surface area contributed by atoms with Crippen LogP contribution in [-0.4, -0.2) is 34.3 Å². The summed E-state index contributed by atoms with van der Waals surface area (Å²) in [6.45, 7) is 0. The van der Waals surface area contributed by atoms with E-state index in [1.807, 2.05) is 18.2 Å². The molecule has 8 heteroatoms. The molecule has 0 saturated carbocycles. The molecule has 0 radical (unpaired) electrons. The molecule has 0 amide bonds. The lowest BCUT2D eigenvalue weighted by Crippen LogP contribution is -1.96. The van der Waals surface area contributed by atoms with E-state index in [4.69, 9.17) is 0 Å². The number of sulfone groups is 1. The van der Waals surface area contributed by atoms with Crippen LogP contribution in [0.15, 0.2) is 34.9 Å². The molecule has 3 heterocycles. The van der Waals surface area contributed by atoms with Crippen LogP contribution in [0.25, 0.3) is 16.3 Å². The van der Waals surface area contributed by atoms with Crippen LogP contribution in [0.4, 0.5) is 0 Å². The van der Waals surface area contributed by atoms with Gasteiger partial charge in [0.15, 0.2) is 0 Å². The highest BCUT2D eigenvalue weighted by molar-refractivity contribution is 7.92. The highest BCUT2D eigenvalue weighted by Crippen LogP contribution is 2.22. The first-order valence-corrected chi connectivity index (χ1v) is 7.72. The maximum Gasteiger partial charge on any atom is 0.232 e. The minimum atomic E-state index is -3.28. The normalized spacial score (nSPS) is 12.1. The first-order chi connectivity index (χ1) is 8.54. The summed E-state index contributed by atoms with van der Waals surface area (Å²) >= 11 is 1.04. The van der Waals surface area contributed by atoms with Crippen molar-refractivity contribution in [1.29, 1.82) is 0 Å². The van der Waals surface area contributed by atoms with Crippen molar-refractivity contribution >= 4 is 26.1 Å². The third-order valence-electron chi connectivity index (χ3n) is 2.27. The summed E-state index contributed by atoms with van der Waals surface area (Å²) in [6, 6.07) is 5.52. The van der Waals surface area contributed by atoms with Crippen molar-refractivity contribution in [3.05, 3.63) is 30.6 Å². The number of pyridine rings is 1. The van der Waals surface area contributed by atoms with Crippen LogP contribution in [-0.2, 0) is 9.84 Å². The molecule has 3 aromatic rings. The third-order valence-corrected chi connectivity index (χ3v) is 4.86. The van der Waals surface area contributed by atoms with Crippen molar-refractivity contribution in [2.75, 3.05) is 6.26 Å². The summed E-state index contributed by atoms with van der Waals surface area (Å²) in [5, 5.41) is 3.99. The molecule has 92 valence electrons. The average molecular weight is 280 g/mol. The molecule has 0 unspecified atom stereocenters. The molecule has 3 aromatic heterocycles. The third kappa shape index (κ3) is 1.89. The summed E-state index contributed by atoms with van der Waals surface area (Å²) in [5.41, 5.74) is 1.41. The van der Waals surface area contributed by atoms with Gasteiger partial charge in [0.05, 0.1) is 11.9 Å². The molecule has 0 aromatic carbocycles. The molecule has 0 spiro atoms. The predicted octanol–water partition coefficient (Wildman–Crippen LogP) is 1.26. The second-order valence-corrected chi connectivity index (χ2v) is 6.85. The molecule has 3 rings (SSSR count). The van der Waals surface area contributed by atoms with E-state index in [2.05, 4.69) is 15.1 Å². The van der Waals surface area contributed by atoms with Gasteiger partial charge < -0.3 is 0 Å². The molecule has 0 aliphatic heterocycles. The lowest BCUT2D eigenvalue weighted by atomic mass is 10.3. The molecule has 18 heavy (non-hydrogen) atoms. The van der Waals surface area contributed by atoms with Gasteiger partial charge in [0.2, 0.25) is 19.1 Å². The van der Waals surface area contributed by atoms with E-state index in [0.717, 1.165) is 23.3 Å². The minimum absolute atomic E-state index is 0.0672. The summed E-state index contributed by atoms with van der Waals surface area (Å²) in [6.07, 6.45) is 4.48. The van der Waals surface area contributed by atoms with Gasteiger partial charge in [-0.1, -0.05) is 17.4 Å². The first kappa shape index (κ1) is 11.3. The van der Waals surface area contributed by atoms with E-state index < -0.39 is 9.84 Å². The van der Waals surface area contributed by atoms with Crippen LogP contribution in [0.3, 0.4) is 0 Å². The van der Waals surface area contributed by atoms with Crippen molar-refractivity contribution in [3.63, 3.8) is 0 Å². The Hall–Kier alpha value is -1.80. The Morgan fingerprint density at radius 2 is 2.11 bits per heavy atom. The van der Waals surface area contributed by atoms with E-state index >= 15 is 0 Å². The first-order valence-electron chi connectivity index (χ1n) is 5.02. The Morgan fingerprint density at radius 1 is 1.28 bits per heavy atom. The Bertz CT molecular complexity index is 773. The highest BCUT2D eigenvalue weighted by atomic mass is 32.2. The van der Waals surface area contributed by atoms with Crippen molar-refractivity contribution in [3.8, 4) is 11.4 Å². The molecular weight excluding hydrogens is 272 g/mol. The average Bonchev–Trinajstić information content (AvgIpc) is 2.86. The van der Waals surface area contributed by atoms with Gasteiger partial charge in [-0.05, 0) is 12.1 Å². The fourth-order valence-corrected chi connectivity index (χ4v) is 3.15. The maximum atomic E-state index is 11.3. The quantitative estimate of drug-likeness (QED) is 0.706. The van der Waals surface area contributed by atoms with Crippen LogP contribution in [0.2, 0.25) is 0 Å². The van der Waals surface area contributed by atoms with Gasteiger partial charge in [0.25, 0.3) is 0 Å². The minimum Gasteiger partial charge on any atom is -0.255 e. The molecular formula is C10H8N4O2S2. The maximum absolute atomic E-state index is 11.3. The van der Waals surface area contributed by atoms with E-state index in [1.165, 1.54) is 4.52 Å². The Kier molecular flexibility index (Phi) is 2.42. The largest absolute Gasteiger partial charge is 0.255 e. The lowest BCUT2D eigenvalue weighted by Gasteiger charge is -1.92. The van der Waals surface area contributed by atoms with Crippen LogP contribution < -0.4 is 0 Å². The van der Waals surface area contributed by atoms with Crippen molar-refractivity contribution in [2.45, 2.75) is 4.34 Å². The molecule has 0 fully saturated rings. The number of aromatic nitrogens is 4. The second kappa shape index (κ2) is 3.85. The summed E-state index contributed by atoms with van der Waals surface area (Å²) < 4.78 is 24.2. The van der Waals surface area contributed by atoms with Crippen LogP contribution in [0.1, 0.15) is 0 Å². The van der Waals surface area contributed by atoms with Gasteiger partial charge >= 0.3 is 0 Å². The molecule has 0 aliphatic carbocycles.